The van der Waals surface area contributed by atoms with Crippen LogP contribution in [0.3, 0.4) is 0 Å². The van der Waals surface area contributed by atoms with Crippen molar-refractivity contribution in [1.82, 2.24) is 9.88 Å². The van der Waals surface area contributed by atoms with Crippen LogP contribution in [0.4, 0.5) is 5.82 Å². The Balaban J connectivity index is 1.49. The Morgan fingerprint density at radius 1 is 1.48 bits per heavy atom. The molecule has 0 spiro atoms. The molecule has 2 aliphatic heterocycles. The van der Waals surface area contributed by atoms with Crippen molar-refractivity contribution in [3.63, 3.8) is 0 Å². The number of pyridine rings is 1. The number of nitrogens with zero attached hydrogens (tertiary/aromatic N) is 4. The quantitative estimate of drug-likeness (QED) is 0.798. The van der Waals surface area contributed by atoms with Crippen LogP contribution in [0.25, 0.3) is 0 Å². The fourth-order valence-corrected chi connectivity index (χ4v) is 3.23. The topological polar surface area (TPSA) is 78.7 Å². The van der Waals surface area contributed by atoms with E-state index < -0.39 is 6.10 Å². The van der Waals surface area contributed by atoms with E-state index in [4.69, 9.17) is 9.47 Å². The van der Waals surface area contributed by atoms with Gasteiger partial charge in [0.25, 0.3) is 5.91 Å². The molecule has 2 aliphatic rings. The summed E-state index contributed by atoms with van der Waals surface area (Å²) >= 11 is 0. The molecule has 2 fully saturated rings. The molecule has 2 unspecified atom stereocenters. The fraction of sp³-hybridized carbons (Fsp3) is 0.611. The maximum atomic E-state index is 12.5. The van der Waals surface area contributed by atoms with Crippen LogP contribution in [0.5, 0.6) is 0 Å². The summed E-state index contributed by atoms with van der Waals surface area (Å²) in [6.45, 7) is 5.60. The number of carbonyl (C=O) groups is 1. The molecular formula is C18H24N4O3. The van der Waals surface area contributed by atoms with Crippen molar-refractivity contribution in [3.05, 3.63) is 23.9 Å². The predicted octanol–water partition coefficient (Wildman–Crippen LogP) is 1.19. The molecule has 0 radical (unpaired) electrons. The summed E-state index contributed by atoms with van der Waals surface area (Å²) in [5, 5.41) is 9.20. The van der Waals surface area contributed by atoms with Gasteiger partial charge in [-0.1, -0.05) is 0 Å². The van der Waals surface area contributed by atoms with E-state index in [1.807, 2.05) is 4.90 Å². The van der Waals surface area contributed by atoms with E-state index in [2.05, 4.69) is 16.0 Å². The van der Waals surface area contributed by atoms with Crippen molar-refractivity contribution in [2.45, 2.75) is 32.0 Å². The van der Waals surface area contributed by atoms with Gasteiger partial charge in [-0.25, -0.2) is 4.98 Å². The van der Waals surface area contributed by atoms with Gasteiger partial charge in [0.05, 0.1) is 18.3 Å². The third-order valence-corrected chi connectivity index (χ3v) is 4.70. The molecule has 0 aromatic carbocycles. The minimum atomic E-state index is -0.458. The molecule has 2 saturated heterocycles. The molecule has 0 N–H and O–H groups in total. The number of ether oxygens (including phenoxy) is 2. The van der Waals surface area contributed by atoms with Gasteiger partial charge in [-0.15, -0.1) is 0 Å². The van der Waals surface area contributed by atoms with Crippen LogP contribution in [-0.2, 0) is 14.3 Å². The summed E-state index contributed by atoms with van der Waals surface area (Å²) in [7, 11) is 0. The fourth-order valence-electron chi connectivity index (χ4n) is 3.23. The van der Waals surface area contributed by atoms with Gasteiger partial charge in [-0.2, -0.15) is 5.26 Å². The van der Waals surface area contributed by atoms with E-state index in [1.165, 1.54) is 0 Å². The van der Waals surface area contributed by atoms with Crippen LogP contribution in [0.15, 0.2) is 18.3 Å². The van der Waals surface area contributed by atoms with Gasteiger partial charge >= 0.3 is 0 Å². The van der Waals surface area contributed by atoms with Crippen molar-refractivity contribution in [2.75, 3.05) is 44.3 Å². The maximum absolute atomic E-state index is 12.5. The molecule has 0 saturated carbocycles. The standard InChI is InChI=1S/C18H24N4O3/c1-14(25-13-16-5-3-11-24-16)18(23)22-9-7-21(8-10-22)17-15(12-19)4-2-6-20-17/h2,4,6,14,16H,3,5,7-11,13H2,1H3. The van der Waals surface area contributed by atoms with Crippen LogP contribution in [0.2, 0.25) is 0 Å². The zero-order valence-corrected chi connectivity index (χ0v) is 14.6. The number of hydrogen-bond acceptors (Lipinski definition) is 6. The lowest BCUT2D eigenvalue weighted by Crippen LogP contribution is -2.52. The summed E-state index contributed by atoms with van der Waals surface area (Å²) in [6.07, 6.45) is 3.43. The van der Waals surface area contributed by atoms with Crippen molar-refractivity contribution < 1.29 is 14.3 Å². The van der Waals surface area contributed by atoms with Crippen molar-refractivity contribution in [3.8, 4) is 6.07 Å². The molecule has 2 atom stereocenters. The van der Waals surface area contributed by atoms with E-state index in [9.17, 15) is 10.1 Å². The Hall–Kier alpha value is -2.17. The summed E-state index contributed by atoms with van der Waals surface area (Å²) < 4.78 is 11.2. The monoisotopic (exact) mass is 344 g/mol. The van der Waals surface area contributed by atoms with Crippen LogP contribution in [0, 0.1) is 11.3 Å². The Kier molecular flexibility index (Phi) is 5.84. The highest BCUT2D eigenvalue weighted by atomic mass is 16.5. The Bertz CT molecular complexity index is 631. The molecule has 7 heteroatoms. The predicted molar refractivity (Wildman–Crippen MR) is 92.1 cm³/mol. The van der Waals surface area contributed by atoms with Crippen LogP contribution < -0.4 is 4.90 Å². The largest absolute Gasteiger partial charge is 0.376 e. The molecule has 1 amide bonds. The van der Waals surface area contributed by atoms with E-state index in [1.54, 1.807) is 25.3 Å². The number of piperazine rings is 1. The highest BCUT2D eigenvalue weighted by Crippen LogP contribution is 2.19. The Labute approximate surface area is 148 Å². The molecule has 0 aliphatic carbocycles. The number of anilines is 1. The van der Waals surface area contributed by atoms with E-state index in [0.29, 0.717) is 44.2 Å². The molecule has 3 rings (SSSR count). The van der Waals surface area contributed by atoms with Gasteiger partial charge in [0.15, 0.2) is 0 Å². The first-order chi connectivity index (χ1) is 12.2. The zero-order chi connectivity index (χ0) is 17.6. The molecule has 7 nitrogen and oxygen atoms in total. The second-order valence-electron chi connectivity index (χ2n) is 6.41. The minimum Gasteiger partial charge on any atom is -0.376 e. The number of hydrogen-bond donors (Lipinski definition) is 0. The SMILES string of the molecule is CC(OCC1CCCO1)C(=O)N1CCN(c2ncccc2C#N)CC1. The lowest BCUT2D eigenvalue weighted by molar-refractivity contribution is -0.144. The smallest absolute Gasteiger partial charge is 0.251 e. The molecule has 134 valence electrons. The van der Waals surface area contributed by atoms with Crippen LogP contribution in [-0.4, -0.2) is 67.4 Å². The van der Waals surface area contributed by atoms with Gasteiger partial charge < -0.3 is 19.3 Å². The van der Waals surface area contributed by atoms with Crippen molar-refractivity contribution in [2.24, 2.45) is 0 Å². The summed E-state index contributed by atoms with van der Waals surface area (Å²) in [5.74, 6) is 0.707. The van der Waals surface area contributed by atoms with Crippen LogP contribution >= 0.6 is 0 Å². The Morgan fingerprint density at radius 3 is 2.96 bits per heavy atom. The highest BCUT2D eigenvalue weighted by molar-refractivity contribution is 5.80. The summed E-state index contributed by atoms with van der Waals surface area (Å²) in [6, 6.07) is 5.70. The zero-order valence-electron chi connectivity index (χ0n) is 14.6. The molecular weight excluding hydrogens is 320 g/mol. The first kappa shape index (κ1) is 17.6. The lowest BCUT2D eigenvalue weighted by atomic mass is 10.2. The lowest BCUT2D eigenvalue weighted by Gasteiger charge is -2.36. The first-order valence-corrected chi connectivity index (χ1v) is 8.81. The second-order valence-corrected chi connectivity index (χ2v) is 6.41. The van der Waals surface area contributed by atoms with Gasteiger partial charge in [0.1, 0.15) is 18.0 Å². The van der Waals surface area contributed by atoms with Crippen molar-refractivity contribution in [1.29, 1.82) is 5.26 Å². The second kappa shape index (κ2) is 8.28. The van der Waals surface area contributed by atoms with Gasteiger partial charge in [0.2, 0.25) is 0 Å². The van der Waals surface area contributed by atoms with Crippen molar-refractivity contribution >= 4 is 11.7 Å². The maximum Gasteiger partial charge on any atom is 0.251 e. The average molecular weight is 344 g/mol. The molecule has 1 aromatic heterocycles. The normalized spacial score (nSPS) is 21.8. The van der Waals surface area contributed by atoms with Gasteiger partial charge in [-0.05, 0) is 31.9 Å². The van der Waals surface area contributed by atoms with Gasteiger partial charge in [-0.3, -0.25) is 4.79 Å². The molecule has 1 aromatic rings. The number of amides is 1. The summed E-state index contributed by atoms with van der Waals surface area (Å²) in [4.78, 5) is 20.7. The van der Waals surface area contributed by atoms with Crippen LogP contribution in [0.1, 0.15) is 25.3 Å². The number of carbonyl (C=O) groups excluding carboxylic acids is 1. The molecule has 0 bridgehead atoms. The third kappa shape index (κ3) is 4.27. The average Bonchev–Trinajstić information content (AvgIpc) is 3.19. The number of aromatic nitrogens is 1. The van der Waals surface area contributed by atoms with E-state index in [-0.39, 0.29) is 12.0 Å². The molecule has 3 heterocycles. The van der Waals surface area contributed by atoms with E-state index in [0.717, 1.165) is 19.4 Å². The Morgan fingerprint density at radius 2 is 2.28 bits per heavy atom. The number of rotatable bonds is 5. The highest BCUT2D eigenvalue weighted by Gasteiger charge is 2.27. The summed E-state index contributed by atoms with van der Waals surface area (Å²) in [5.41, 5.74) is 0.565. The van der Waals surface area contributed by atoms with E-state index >= 15 is 0 Å². The van der Waals surface area contributed by atoms with Gasteiger partial charge in [0, 0.05) is 39.0 Å². The minimum absolute atomic E-state index is 0.0131. The first-order valence-electron chi connectivity index (χ1n) is 8.81. The molecule has 25 heavy (non-hydrogen) atoms. The number of nitriles is 1. The third-order valence-electron chi connectivity index (χ3n) is 4.70.